The molecule has 70 valence electrons. The number of aliphatic hydroxyl groups is 1. The van der Waals surface area contributed by atoms with Crippen molar-refractivity contribution in [1.29, 1.82) is 0 Å². The highest BCUT2D eigenvalue weighted by Gasteiger charge is 2.28. The van der Waals surface area contributed by atoms with E-state index >= 15 is 0 Å². The Hall–Kier alpha value is -0.620. The zero-order valence-corrected chi connectivity index (χ0v) is 7.30. The largest absolute Gasteiger partial charge is 0.387 e. The van der Waals surface area contributed by atoms with Crippen LogP contribution in [0.15, 0.2) is 0 Å². The second kappa shape index (κ2) is 3.40. The predicted molar refractivity (Wildman–Crippen MR) is 42.3 cm³/mol. The molecule has 6 heteroatoms. The van der Waals surface area contributed by atoms with Crippen LogP contribution in [0.1, 0.15) is 6.42 Å². The Kier molecular flexibility index (Phi) is 2.69. The van der Waals surface area contributed by atoms with Gasteiger partial charge in [0, 0.05) is 6.04 Å². The minimum atomic E-state index is -2.95. The Morgan fingerprint density at radius 1 is 1.58 bits per heavy atom. The molecule has 1 aliphatic heterocycles. The molecule has 0 aromatic carbocycles. The second-order valence-electron chi connectivity index (χ2n) is 2.83. The minimum absolute atomic E-state index is 0.00125. The van der Waals surface area contributed by atoms with Crippen LogP contribution in [0.25, 0.3) is 0 Å². The van der Waals surface area contributed by atoms with E-state index in [2.05, 4.69) is 5.32 Å². The Balaban J connectivity index is 2.43. The molecule has 1 unspecified atom stereocenters. The summed E-state index contributed by atoms with van der Waals surface area (Å²) in [4.78, 5) is 10.6. The fourth-order valence-electron chi connectivity index (χ4n) is 1.18. The topological polar surface area (TPSA) is 83.5 Å². The maximum atomic E-state index is 10.9. The van der Waals surface area contributed by atoms with Gasteiger partial charge in [-0.3, -0.25) is 4.79 Å². The molecule has 0 spiro atoms. The summed E-state index contributed by atoms with van der Waals surface area (Å²) in [5.41, 5.74) is 0. The molecule has 0 aliphatic carbocycles. The third kappa shape index (κ3) is 2.46. The van der Waals surface area contributed by atoms with E-state index in [1.807, 2.05) is 0 Å². The molecule has 0 radical (unpaired) electrons. The molecule has 2 N–H and O–H groups in total. The lowest BCUT2D eigenvalue weighted by Crippen LogP contribution is -2.37. The van der Waals surface area contributed by atoms with Gasteiger partial charge in [0.25, 0.3) is 0 Å². The molecule has 1 fully saturated rings. The number of nitrogens with one attached hydrogen (secondary N) is 1. The minimum Gasteiger partial charge on any atom is -0.387 e. The van der Waals surface area contributed by atoms with Crippen LogP contribution in [-0.4, -0.2) is 43.6 Å². The SMILES string of the molecule is O=C(CO)NC1CCS(=O)(=O)C1. The smallest absolute Gasteiger partial charge is 0.245 e. The third-order valence-corrected chi connectivity index (χ3v) is 3.51. The first-order chi connectivity index (χ1) is 5.53. The summed E-state index contributed by atoms with van der Waals surface area (Å²) in [6.45, 7) is -0.587. The quantitative estimate of drug-likeness (QED) is 0.546. The van der Waals surface area contributed by atoms with Gasteiger partial charge in [-0.05, 0) is 6.42 Å². The molecule has 1 heterocycles. The summed E-state index contributed by atoms with van der Waals surface area (Å²) in [6, 6.07) is -0.311. The Bertz CT molecular complexity index is 271. The second-order valence-corrected chi connectivity index (χ2v) is 5.05. The first-order valence-electron chi connectivity index (χ1n) is 3.64. The zero-order valence-electron chi connectivity index (χ0n) is 6.49. The molecule has 0 saturated carbocycles. The number of carbonyl (C=O) groups excluding carboxylic acids is 1. The number of hydrogen-bond acceptors (Lipinski definition) is 4. The molecule has 12 heavy (non-hydrogen) atoms. The first-order valence-corrected chi connectivity index (χ1v) is 5.46. The molecule has 0 aromatic heterocycles. The molecule has 1 rings (SSSR count). The van der Waals surface area contributed by atoms with Crippen molar-refractivity contribution in [3.05, 3.63) is 0 Å². The van der Waals surface area contributed by atoms with E-state index in [0.29, 0.717) is 6.42 Å². The van der Waals surface area contributed by atoms with Crippen LogP contribution in [0.5, 0.6) is 0 Å². The van der Waals surface area contributed by atoms with E-state index < -0.39 is 22.4 Å². The van der Waals surface area contributed by atoms with Gasteiger partial charge >= 0.3 is 0 Å². The van der Waals surface area contributed by atoms with Gasteiger partial charge in [-0.2, -0.15) is 0 Å². The Morgan fingerprint density at radius 3 is 2.67 bits per heavy atom. The lowest BCUT2D eigenvalue weighted by molar-refractivity contribution is -0.124. The maximum Gasteiger partial charge on any atom is 0.245 e. The van der Waals surface area contributed by atoms with Crippen molar-refractivity contribution in [3.8, 4) is 0 Å². The van der Waals surface area contributed by atoms with Gasteiger partial charge in [0.05, 0.1) is 11.5 Å². The third-order valence-electron chi connectivity index (χ3n) is 1.74. The van der Waals surface area contributed by atoms with E-state index in [0.717, 1.165) is 0 Å². The van der Waals surface area contributed by atoms with E-state index in [1.165, 1.54) is 0 Å². The predicted octanol–water partition coefficient (Wildman–Crippen LogP) is -1.72. The standard InChI is InChI=1S/C6H11NO4S/c8-3-6(9)7-5-1-2-12(10,11)4-5/h5,8H,1-4H2,(H,7,9). The van der Waals surface area contributed by atoms with Crippen LogP contribution in [-0.2, 0) is 14.6 Å². The van der Waals surface area contributed by atoms with Crippen molar-refractivity contribution in [1.82, 2.24) is 5.32 Å². The molecule has 1 saturated heterocycles. The molecular weight excluding hydrogens is 182 g/mol. The fourth-order valence-corrected chi connectivity index (χ4v) is 2.86. The normalized spacial score (nSPS) is 26.9. The van der Waals surface area contributed by atoms with Gasteiger partial charge in [-0.15, -0.1) is 0 Å². The van der Waals surface area contributed by atoms with E-state index in [1.54, 1.807) is 0 Å². The number of rotatable bonds is 2. The van der Waals surface area contributed by atoms with Gasteiger partial charge < -0.3 is 10.4 Å². The van der Waals surface area contributed by atoms with Crippen molar-refractivity contribution >= 4 is 15.7 Å². The zero-order chi connectivity index (χ0) is 9.19. The highest BCUT2D eigenvalue weighted by molar-refractivity contribution is 7.91. The fraction of sp³-hybridized carbons (Fsp3) is 0.833. The van der Waals surface area contributed by atoms with Crippen LogP contribution in [0.4, 0.5) is 0 Å². The summed E-state index contributed by atoms with van der Waals surface area (Å²) in [5.74, 6) is -0.389. The molecule has 1 aliphatic rings. The number of amides is 1. The van der Waals surface area contributed by atoms with Crippen molar-refractivity contribution < 1.29 is 18.3 Å². The van der Waals surface area contributed by atoms with Crippen LogP contribution < -0.4 is 5.32 Å². The molecule has 5 nitrogen and oxygen atoms in total. The van der Waals surface area contributed by atoms with Gasteiger partial charge in [0.2, 0.25) is 5.91 Å². The van der Waals surface area contributed by atoms with Crippen molar-refractivity contribution in [3.63, 3.8) is 0 Å². The molecule has 1 atom stereocenters. The van der Waals surface area contributed by atoms with E-state index in [4.69, 9.17) is 5.11 Å². The number of hydrogen-bond donors (Lipinski definition) is 2. The summed E-state index contributed by atoms with van der Waals surface area (Å²) in [6.07, 6.45) is 0.452. The lowest BCUT2D eigenvalue weighted by atomic mass is 10.2. The van der Waals surface area contributed by atoms with Gasteiger partial charge in [-0.1, -0.05) is 0 Å². The lowest BCUT2D eigenvalue weighted by Gasteiger charge is -2.08. The monoisotopic (exact) mass is 193 g/mol. The van der Waals surface area contributed by atoms with Crippen molar-refractivity contribution in [2.45, 2.75) is 12.5 Å². The van der Waals surface area contributed by atoms with Gasteiger partial charge in [0.1, 0.15) is 6.61 Å². The first kappa shape index (κ1) is 9.47. The molecule has 0 aromatic rings. The summed E-state index contributed by atoms with van der Waals surface area (Å²) < 4.78 is 21.8. The number of sulfone groups is 1. The maximum absolute atomic E-state index is 10.9. The van der Waals surface area contributed by atoms with Gasteiger partial charge in [-0.25, -0.2) is 8.42 Å². The van der Waals surface area contributed by atoms with E-state index in [-0.39, 0.29) is 17.5 Å². The Labute approximate surface area is 70.7 Å². The van der Waals surface area contributed by atoms with Crippen molar-refractivity contribution in [2.24, 2.45) is 0 Å². The average molecular weight is 193 g/mol. The summed E-state index contributed by atoms with van der Waals surface area (Å²) >= 11 is 0. The average Bonchev–Trinajstić information content (AvgIpc) is 2.30. The summed E-state index contributed by atoms with van der Waals surface area (Å²) in [7, 11) is -2.95. The summed E-state index contributed by atoms with van der Waals surface area (Å²) in [5, 5.41) is 10.8. The van der Waals surface area contributed by atoms with Crippen LogP contribution in [0.3, 0.4) is 0 Å². The van der Waals surface area contributed by atoms with Crippen LogP contribution >= 0.6 is 0 Å². The van der Waals surface area contributed by atoms with Crippen molar-refractivity contribution in [2.75, 3.05) is 18.1 Å². The molecule has 0 bridgehead atoms. The van der Waals surface area contributed by atoms with Crippen LogP contribution in [0, 0.1) is 0 Å². The highest BCUT2D eigenvalue weighted by Crippen LogP contribution is 2.10. The Morgan fingerprint density at radius 2 is 2.25 bits per heavy atom. The molecular formula is C6H11NO4S. The van der Waals surface area contributed by atoms with E-state index in [9.17, 15) is 13.2 Å². The number of aliphatic hydroxyl groups excluding tert-OH is 1. The van der Waals surface area contributed by atoms with Crippen LogP contribution in [0.2, 0.25) is 0 Å². The number of carbonyl (C=O) groups is 1. The molecule has 1 amide bonds. The highest BCUT2D eigenvalue weighted by atomic mass is 32.2. The van der Waals surface area contributed by atoms with Gasteiger partial charge in [0.15, 0.2) is 9.84 Å².